The van der Waals surface area contributed by atoms with Crippen molar-refractivity contribution in [1.82, 2.24) is 14.8 Å². The summed E-state index contributed by atoms with van der Waals surface area (Å²) in [7, 11) is 0. The second-order valence-electron chi connectivity index (χ2n) is 6.93. The van der Waals surface area contributed by atoms with Crippen molar-refractivity contribution in [2.45, 2.75) is 19.8 Å². The molecule has 9 heteroatoms. The van der Waals surface area contributed by atoms with E-state index in [1.165, 1.54) is 28.2 Å². The number of anilines is 1. The molecule has 0 bridgehead atoms. The first-order valence-electron chi connectivity index (χ1n) is 9.48. The maximum absolute atomic E-state index is 13.1. The Morgan fingerprint density at radius 1 is 1.19 bits per heavy atom. The summed E-state index contributed by atoms with van der Waals surface area (Å²) >= 11 is 7.15. The van der Waals surface area contributed by atoms with Gasteiger partial charge in [-0.3, -0.25) is 14.7 Å². The number of carbonyl (C=O) groups excluding carboxylic acids is 1. The van der Waals surface area contributed by atoms with Crippen LogP contribution in [0, 0.1) is 12.7 Å². The van der Waals surface area contributed by atoms with Gasteiger partial charge in [0.2, 0.25) is 11.0 Å². The topological polar surface area (TPSA) is 79.8 Å². The summed E-state index contributed by atoms with van der Waals surface area (Å²) in [5.74, 6) is -0.512. The van der Waals surface area contributed by atoms with Crippen molar-refractivity contribution in [1.29, 1.82) is 0 Å². The van der Waals surface area contributed by atoms with Gasteiger partial charge in [-0.15, -0.1) is 11.3 Å². The summed E-state index contributed by atoms with van der Waals surface area (Å²) in [6, 6.07) is 12.8. The molecule has 2 N–H and O–H groups in total. The first kappa shape index (κ1) is 21.0. The number of aryl methyl sites for hydroxylation is 1. The molecule has 31 heavy (non-hydrogen) atoms. The zero-order valence-corrected chi connectivity index (χ0v) is 18.1. The number of aromatic nitrogens is 3. The maximum Gasteiger partial charge on any atom is 0.276 e. The molecule has 2 aromatic heterocycles. The number of rotatable bonds is 6. The third kappa shape index (κ3) is 4.76. The Hall–Kier alpha value is -3.23. The molecule has 2 heterocycles. The molecule has 6 nitrogen and oxygen atoms in total. The first-order chi connectivity index (χ1) is 14.9. The Morgan fingerprint density at radius 2 is 1.90 bits per heavy atom. The van der Waals surface area contributed by atoms with Gasteiger partial charge in [0, 0.05) is 39.3 Å². The molecule has 158 valence electrons. The zero-order chi connectivity index (χ0) is 22.0. The van der Waals surface area contributed by atoms with Crippen LogP contribution in [0.25, 0.3) is 16.4 Å². The summed E-state index contributed by atoms with van der Waals surface area (Å²) in [6.45, 7) is 1.79. The summed E-state index contributed by atoms with van der Waals surface area (Å²) in [6.07, 6.45) is 0.457. The Balaban J connectivity index is 1.47. The van der Waals surface area contributed by atoms with Crippen LogP contribution < -0.4 is 10.9 Å². The molecule has 0 spiro atoms. The highest BCUT2D eigenvalue weighted by atomic mass is 35.5. The molecule has 1 amide bonds. The quantitative estimate of drug-likeness (QED) is 0.430. The average molecular weight is 457 g/mol. The average Bonchev–Trinajstić information content (AvgIpc) is 3.34. The van der Waals surface area contributed by atoms with Crippen LogP contribution >= 0.6 is 22.9 Å². The standard InChI is InChI=1S/C22H18ClFN4O2S/c1-13-18(10-11-20(29)25-17-8-4-15(23)5-9-17)21(30)28(27-13)22-26-19(12-31-22)14-2-6-16(24)7-3-14/h2-9,12,27H,10-11H2,1H3,(H,25,29). The van der Waals surface area contributed by atoms with Gasteiger partial charge in [0.25, 0.3) is 5.56 Å². The zero-order valence-electron chi connectivity index (χ0n) is 16.5. The van der Waals surface area contributed by atoms with Crippen LogP contribution in [0.1, 0.15) is 17.7 Å². The number of hydrogen-bond acceptors (Lipinski definition) is 4. The molecule has 0 unspecified atom stereocenters. The molecule has 0 fully saturated rings. The Bertz CT molecular complexity index is 1280. The van der Waals surface area contributed by atoms with Crippen molar-refractivity contribution in [2.75, 3.05) is 5.32 Å². The van der Waals surface area contributed by atoms with Crippen LogP contribution in [0.2, 0.25) is 5.02 Å². The molecule has 0 saturated heterocycles. The minimum absolute atomic E-state index is 0.162. The molecule has 0 aliphatic rings. The van der Waals surface area contributed by atoms with Gasteiger partial charge >= 0.3 is 0 Å². The van der Waals surface area contributed by atoms with E-state index in [4.69, 9.17) is 11.6 Å². The fourth-order valence-corrected chi connectivity index (χ4v) is 4.04. The lowest BCUT2D eigenvalue weighted by atomic mass is 10.1. The molecule has 4 aromatic rings. The van der Waals surface area contributed by atoms with Gasteiger partial charge in [-0.05, 0) is 61.9 Å². The molecular weight excluding hydrogens is 439 g/mol. The van der Waals surface area contributed by atoms with Gasteiger partial charge < -0.3 is 5.32 Å². The van der Waals surface area contributed by atoms with E-state index < -0.39 is 0 Å². The molecule has 4 rings (SSSR count). The summed E-state index contributed by atoms with van der Waals surface area (Å²) in [5, 5.41) is 8.69. The van der Waals surface area contributed by atoms with Gasteiger partial charge in [-0.25, -0.2) is 9.37 Å². The summed E-state index contributed by atoms with van der Waals surface area (Å²) in [4.78, 5) is 29.6. The van der Waals surface area contributed by atoms with Crippen LogP contribution in [-0.2, 0) is 11.2 Å². The van der Waals surface area contributed by atoms with Crippen molar-refractivity contribution >= 4 is 34.5 Å². The van der Waals surface area contributed by atoms with E-state index in [9.17, 15) is 14.0 Å². The van der Waals surface area contributed by atoms with Crippen molar-refractivity contribution in [3.63, 3.8) is 0 Å². The van der Waals surface area contributed by atoms with E-state index in [0.717, 1.165) is 5.56 Å². The molecule has 0 saturated carbocycles. The number of H-pyrrole nitrogens is 1. The largest absolute Gasteiger partial charge is 0.326 e. The number of aromatic amines is 1. The van der Waals surface area contributed by atoms with Crippen molar-refractivity contribution < 1.29 is 9.18 Å². The first-order valence-corrected chi connectivity index (χ1v) is 10.7. The van der Waals surface area contributed by atoms with Crippen molar-refractivity contribution in [3.8, 4) is 16.4 Å². The third-order valence-corrected chi connectivity index (χ3v) is 5.82. The smallest absolute Gasteiger partial charge is 0.276 e. The second-order valence-corrected chi connectivity index (χ2v) is 8.21. The van der Waals surface area contributed by atoms with Crippen LogP contribution in [0.4, 0.5) is 10.1 Å². The number of carbonyl (C=O) groups is 1. The number of amides is 1. The fourth-order valence-electron chi connectivity index (χ4n) is 3.13. The number of nitrogens with one attached hydrogen (secondary N) is 2. The van der Waals surface area contributed by atoms with Crippen LogP contribution in [0.15, 0.2) is 58.7 Å². The lowest BCUT2D eigenvalue weighted by molar-refractivity contribution is -0.116. The minimum atomic E-state index is -0.319. The highest BCUT2D eigenvalue weighted by Gasteiger charge is 2.16. The van der Waals surface area contributed by atoms with Gasteiger partial charge in [-0.1, -0.05) is 11.6 Å². The highest BCUT2D eigenvalue weighted by molar-refractivity contribution is 7.12. The molecular formula is C22H18ClFN4O2S. The maximum atomic E-state index is 13.1. The van der Waals surface area contributed by atoms with Gasteiger partial charge in [0.1, 0.15) is 5.82 Å². The predicted molar refractivity (Wildman–Crippen MR) is 121 cm³/mol. The van der Waals surface area contributed by atoms with E-state index in [2.05, 4.69) is 15.4 Å². The highest BCUT2D eigenvalue weighted by Crippen LogP contribution is 2.24. The van der Waals surface area contributed by atoms with Gasteiger partial charge in [0.15, 0.2) is 0 Å². The molecule has 0 atom stereocenters. The van der Waals surface area contributed by atoms with Gasteiger partial charge in [-0.2, -0.15) is 4.68 Å². The monoisotopic (exact) mass is 456 g/mol. The van der Waals surface area contributed by atoms with E-state index >= 15 is 0 Å². The molecule has 0 radical (unpaired) electrons. The van der Waals surface area contributed by atoms with Crippen LogP contribution in [0.5, 0.6) is 0 Å². The number of nitrogens with zero attached hydrogens (tertiary/aromatic N) is 2. The third-order valence-electron chi connectivity index (χ3n) is 4.75. The van der Waals surface area contributed by atoms with E-state index in [-0.39, 0.29) is 23.7 Å². The lowest BCUT2D eigenvalue weighted by Crippen LogP contribution is -2.19. The number of benzene rings is 2. The Morgan fingerprint density at radius 3 is 2.61 bits per heavy atom. The van der Waals surface area contributed by atoms with E-state index in [0.29, 0.717) is 39.2 Å². The SMILES string of the molecule is Cc1[nH]n(-c2nc(-c3ccc(F)cc3)cs2)c(=O)c1CCC(=O)Nc1ccc(Cl)cc1. The summed E-state index contributed by atoms with van der Waals surface area (Å²) < 4.78 is 14.5. The predicted octanol–water partition coefficient (Wildman–Crippen LogP) is 4.96. The minimum Gasteiger partial charge on any atom is -0.326 e. The van der Waals surface area contributed by atoms with Crippen molar-refractivity contribution in [3.05, 3.63) is 86.4 Å². The van der Waals surface area contributed by atoms with Crippen molar-refractivity contribution in [2.24, 2.45) is 0 Å². The Labute approximate surface area is 186 Å². The molecule has 0 aliphatic carbocycles. The van der Waals surface area contributed by atoms with E-state index in [1.54, 1.807) is 43.3 Å². The molecule has 2 aromatic carbocycles. The molecule has 0 aliphatic heterocycles. The van der Waals surface area contributed by atoms with Crippen LogP contribution in [-0.4, -0.2) is 20.7 Å². The van der Waals surface area contributed by atoms with Gasteiger partial charge in [0.05, 0.1) is 5.69 Å². The van der Waals surface area contributed by atoms with Crippen LogP contribution in [0.3, 0.4) is 0 Å². The Kier molecular flexibility index (Phi) is 6.01. The number of thiazole rings is 1. The fraction of sp³-hybridized carbons (Fsp3) is 0.136. The normalized spacial score (nSPS) is 10.9. The summed E-state index contributed by atoms with van der Waals surface area (Å²) in [5.41, 5.74) is 3.04. The lowest BCUT2D eigenvalue weighted by Gasteiger charge is -2.04. The van der Waals surface area contributed by atoms with E-state index in [1.807, 2.05) is 5.38 Å². The number of halogens is 2. The second kappa shape index (κ2) is 8.87. The number of hydrogen-bond donors (Lipinski definition) is 2.